The number of aliphatic carboxylic acids is 1. The Kier molecular flexibility index (Phi) is 5.43. The van der Waals surface area contributed by atoms with Gasteiger partial charge in [-0.05, 0) is 41.3 Å². The van der Waals surface area contributed by atoms with Crippen LogP contribution in [-0.2, 0) is 4.79 Å². The molecule has 3 atom stereocenters. The predicted molar refractivity (Wildman–Crippen MR) is 108 cm³/mol. The van der Waals surface area contributed by atoms with Crippen LogP contribution >= 0.6 is 23.2 Å². The number of ether oxygens (including phenoxy) is 1. The van der Waals surface area contributed by atoms with Gasteiger partial charge in [-0.2, -0.15) is 5.26 Å². The molecular weight excluding hydrogens is 397 g/mol. The molecule has 1 aliphatic carbocycles. The molecular formula is C22H19Cl2NO3. The Morgan fingerprint density at radius 2 is 1.82 bits per heavy atom. The molecule has 0 amide bonds. The van der Waals surface area contributed by atoms with Crippen molar-refractivity contribution in [2.45, 2.75) is 19.8 Å². The quantitative estimate of drug-likeness (QED) is 0.615. The summed E-state index contributed by atoms with van der Waals surface area (Å²) in [6.45, 7) is 3.63. The van der Waals surface area contributed by atoms with E-state index in [-0.39, 0.29) is 4.49 Å². The highest BCUT2D eigenvalue weighted by atomic mass is 35.5. The van der Waals surface area contributed by atoms with E-state index in [1.54, 1.807) is 24.3 Å². The molecule has 144 valence electrons. The van der Waals surface area contributed by atoms with Crippen molar-refractivity contribution in [3.05, 3.63) is 70.7 Å². The van der Waals surface area contributed by atoms with Crippen LogP contribution in [0, 0.1) is 28.1 Å². The molecule has 1 N–H and O–H groups in total. The highest BCUT2D eigenvalue weighted by molar-refractivity contribution is 6.55. The van der Waals surface area contributed by atoms with Gasteiger partial charge in [-0.1, -0.05) is 67.4 Å². The van der Waals surface area contributed by atoms with Crippen LogP contribution in [0.2, 0.25) is 0 Å². The summed E-state index contributed by atoms with van der Waals surface area (Å²) >= 11 is 11.6. The van der Waals surface area contributed by atoms with Crippen molar-refractivity contribution < 1.29 is 14.6 Å². The number of carbonyl (C=O) groups is 1. The van der Waals surface area contributed by atoms with Crippen LogP contribution in [0.3, 0.4) is 0 Å². The van der Waals surface area contributed by atoms with Gasteiger partial charge in [0, 0.05) is 5.92 Å². The van der Waals surface area contributed by atoms with Crippen molar-refractivity contribution in [1.29, 1.82) is 5.26 Å². The first-order valence-electron chi connectivity index (χ1n) is 8.73. The minimum absolute atomic E-state index is 0.000878. The molecule has 1 aliphatic rings. The Hall–Kier alpha value is -2.48. The molecule has 0 radical (unpaired) electrons. The summed E-state index contributed by atoms with van der Waals surface area (Å²) in [7, 11) is 0. The van der Waals surface area contributed by atoms with Crippen LogP contribution in [0.15, 0.2) is 65.2 Å². The van der Waals surface area contributed by atoms with Crippen molar-refractivity contribution in [3.63, 3.8) is 0 Å². The largest absolute Gasteiger partial charge is 0.481 e. The SMILES string of the molecule is CC1(C)C(C=C(Cl)Cl)C1(C(=O)O)[C@H](C#N)c1cccc(Oc2ccccc2)c1. The molecule has 28 heavy (non-hydrogen) atoms. The zero-order valence-corrected chi connectivity index (χ0v) is 16.9. The molecule has 6 heteroatoms. The molecule has 2 unspecified atom stereocenters. The van der Waals surface area contributed by atoms with Gasteiger partial charge in [0.2, 0.25) is 0 Å². The molecule has 1 saturated carbocycles. The summed E-state index contributed by atoms with van der Waals surface area (Å²) in [5, 5.41) is 20.0. The third-order valence-electron chi connectivity index (χ3n) is 5.65. The average Bonchev–Trinajstić information content (AvgIpc) is 3.12. The van der Waals surface area contributed by atoms with Crippen LogP contribution in [-0.4, -0.2) is 11.1 Å². The molecule has 4 nitrogen and oxygen atoms in total. The summed E-state index contributed by atoms with van der Waals surface area (Å²) in [6, 6.07) is 18.4. The minimum atomic E-state index is -1.33. The van der Waals surface area contributed by atoms with Crippen LogP contribution in [0.25, 0.3) is 0 Å². The zero-order chi connectivity index (χ0) is 20.5. The Labute approximate surface area is 174 Å². The Morgan fingerprint density at radius 1 is 1.18 bits per heavy atom. The normalized spacial score (nSPS) is 23.2. The fourth-order valence-electron chi connectivity index (χ4n) is 4.21. The van der Waals surface area contributed by atoms with E-state index in [4.69, 9.17) is 27.9 Å². The van der Waals surface area contributed by atoms with Crippen LogP contribution in [0.4, 0.5) is 0 Å². The first kappa shape index (κ1) is 20.3. The molecule has 0 bridgehead atoms. The zero-order valence-electron chi connectivity index (χ0n) is 15.4. The summed E-state index contributed by atoms with van der Waals surface area (Å²) < 4.78 is 5.84. The van der Waals surface area contributed by atoms with Crippen LogP contribution in [0.5, 0.6) is 11.5 Å². The van der Waals surface area contributed by atoms with Crippen molar-refractivity contribution in [2.75, 3.05) is 0 Å². The van der Waals surface area contributed by atoms with E-state index in [9.17, 15) is 15.2 Å². The standard InChI is InChI=1S/C22H19Cl2NO3/c1-21(2)18(12-19(23)24)22(21,20(26)27)17(13-25)14-7-6-10-16(11-14)28-15-8-4-3-5-9-15/h3-12,17-18H,1-2H3,(H,26,27)/t17-,18?,22?/m1/s1. The molecule has 0 heterocycles. The number of rotatable bonds is 6. The van der Waals surface area contributed by atoms with Crippen LogP contribution < -0.4 is 4.74 Å². The summed E-state index contributed by atoms with van der Waals surface area (Å²) in [5.41, 5.74) is -1.44. The third kappa shape index (κ3) is 3.26. The Morgan fingerprint density at radius 3 is 2.39 bits per heavy atom. The molecule has 2 aromatic rings. The van der Waals surface area contributed by atoms with Gasteiger partial charge in [0.15, 0.2) is 0 Å². The Balaban J connectivity index is 2.01. The lowest BCUT2D eigenvalue weighted by Crippen LogP contribution is -2.28. The number of halogens is 2. The predicted octanol–water partition coefficient (Wildman–Crippen LogP) is 6.13. The summed E-state index contributed by atoms with van der Waals surface area (Å²) in [5.74, 6) is -1.22. The maximum absolute atomic E-state index is 12.3. The van der Waals surface area contributed by atoms with E-state index < -0.39 is 28.6 Å². The lowest BCUT2D eigenvalue weighted by molar-refractivity contribution is -0.145. The number of para-hydroxylation sites is 1. The van der Waals surface area contributed by atoms with Crippen molar-refractivity contribution in [2.24, 2.45) is 16.7 Å². The highest BCUT2D eigenvalue weighted by Gasteiger charge is 2.78. The van der Waals surface area contributed by atoms with E-state index >= 15 is 0 Å². The van der Waals surface area contributed by atoms with E-state index in [0.717, 1.165) is 0 Å². The number of nitriles is 1. The van der Waals surface area contributed by atoms with Gasteiger partial charge in [-0.25, -0.2) is 0 Å². The van der Waals surface area contributed by atoms with Gasteiger partial charge in [-0.15, -0.1) is 0 Å². The molecule has 0 spiro atoms. The molecule has 0 saturated heterocycles. The van der Waals surface area contributed by atoms with Gasteiger partial charge >= 0.3 is 5.97 Å². The van der Waals surface area contributed by atoms with Gasteiger partial charge in [0.25, 0.3) is 0 Å². The van der Waals surface area contributed by atoms with Crippen LogP contribution in [0.1, 0.15) is 25.3 Å². The third-order valence-corrected chi connectivity index (χ3v) is 5.90. The smallest absolute Gasteiger partial charge is 0.312 e. The minimum Gasteiger partial charge on any atom is -0.481 e. The monoisotopic (exact) mass is 415 g/mol. The second-order valence-corrected chi connectivity index (χ2v) is 8.39. The molecule has 2 aromatic carbocycles. The number of hydrogen-bond acceptors (Lipinski definition) is 3. The van der Waals surface area contributed by atoms with E-state index in [0.29, 0.717) is 17.1 Å². The van der Waals surface area contributed by atoms with Gasteiger partial charge in [0.05, 0.1) is 12.0 Å². The number of hydrogen-bond donors (Lipinski definition) is 1. The topological polar surface area (TPSA) is 70.3 Å². The molecule has 1 fully saturated rings. The molecule has 0 aromatic heterocycles. The average molecular weight is 416 g/mol. The lowest BCUT2D eigenvalue weighted by atomic mass is 9.78. The number of nitrogens with zero attached hydrogens (tertiary/aromatic N) is 1. The number of carboxylic acids is 1. The lowest BCUT2D eigenvalue weighted by Gasteiger charge is -2.22. The second-order valence-electron chi connectivity index (χ2n) is 7.38. The van der Waals surface area contributed by atoms with E-state index in [2.05, 4.69) is 6.07 Å². The number of allylic oxidation sites excluding steroid dienone is 1. The fraction of sp³-hybridized carbons (Fsp3) is 0.273. The second kappa shape index (κ2) is 7.50. The van der Waals surface area contributed by atoms with Crippen molar-refractivity contribution in [3.8, 4) is 17.6 Å². The molecule has 0 aliphatic heterocycles. The van der Waals surface area contributed by atoms with Crippen molar-refractivity contribution >= 4 is 29.2 Å². The van der Waals surface area contributed by atoms with Gasteiger partial charge in [-0.3, -0.25) is 4.79 Å². The van der Waals surface area contributed by atoms with E-state index in [1.807, 2.05) is 44.2 Å². The first-order chi connectivity index (χ1) is 13.2. The number of benzene rings is 2. The van der Waals surface area contributed by atoms with Crippen molar-refractivity contribution in [1.82, 2.24) is 0 Å². The first-order valence-corrected chi connectivity index (χ1v) is 9.49. The highest BCUT2D eigenvalue weighted by Crippen LogP contribution is 2.75. The Bertz CT molecular complexity index is 961. The van der Waals surface area contributed by atoms with E-state index in [1.165, 1.54) is 6.08 Å². The maximum atomic E-state index is 12.3. The van der Waals surface area contributed by atoms with Gasteiger partial charge in [0.1, 0.15) is 21.4 Å². The maximum Gasteiger partial charge on any atom is 0.312 e. The summed E-state index contributed by atoms with van der Waals surface area (Å²) in [4.78, 5) is 12.3. The number of carboxylic acid groups (broad SMARTS) is 1. The summed E-state index contributed by atoms with van der Waals surface area (Å²) in [6.07, 6.45) is 1.52. The fourth-order valence-corrected chi connectivity index (χ4v) is 4.46. The molecule has 3 rings (SSSR count). The van der Waals surface area contributed by atoms with Gasteiger partial charge < -0.3 is 9.84 Å².